The lowest BCUT2D eigenvalue weighted by Crippen LogP contribution is -2.02. The minimum Gasteiger partial charge on any atom is -0.493 e. The van der Waals surface area contributed by atoms with Crippen LogP contribution in [-0.4, -0.2) is 32.2 Å². The summed E-state index contributed by atoms with van der Waals surface area (Å²) in [5, 5.41) is 17.6. The van der Waals surface area contributed by atoms with Crippen molar-refractivity contribution in [1.82, 2.24) is 14.8 Å². The van der Waals surface area contributed by atoms with Crippen molar-refractivity contribution >= 4 is 11.8 Å². The Hall–Kier alpha value is -1.53. The van der Waals surface area contributed by atoms with E-state index in [1.54, 1.807) is 16.3 Å². The predicted molar refractivity (Wildman–Crippen MR) is 69.6 cm³/mol. The molecule has 5 nitrogen and oxygen atoms in total. The number of nitrogens with zero attached hydrogens (tertiary/aromatic N) is 3. The summed E-state index contributed by atoms with van der Waals surface area (Å²) in [6.07, 6.45) is 0. The molecule has 0 unspecified atom stereocenters. The van der Waals surface area contributed by atoms with Crippen LogP contribution in [0.25, 0.3) is 0 Å². The SMILES string of the molecule is Cn1c(CO)nnc1SCCOc1ccccc1. The van der Waals surface area contributed by atoms with Crippen molar-refractivity contribution in [3.63, 3.8) is 0 Å². The molecule has 2 aromatic rings. The Morgan fingerprint density at radius 3 is 2.72 bits per heavy atom. The Bertz CT molecular complexity index is 487. The number of aromatic nitrogens is 3. The van der Waals surface area contributed by atoms with Crippen molar-refractivity contribution in [3.8, 4) is 5.75 Å². The van der Waals surface area contributed by atoms with Crippen LogP contribution in [0.15, 0.2) is 35.5 Å². The van der Waals surface area contributed by atoms with E-state index in [2.05, 4.69) is 10.2 Å². The van der Waals surface area contributed by atoms with E-state index >= 15 is 0 Å². The first-order chi connectivity index (χ1) is 8.81. The summed E-state index contributed by atoms with van der Waals surface area (Å²) >= 11 is 1.56. The average Bonchev–Trinajstić information content (AvgIpc) is 2.77. The monoisotopic (exact) mass is 265 g/mol. The van der Waals surface area contributed by atoms with Gasteiger partial charge in [0, 0.05) is 12.8 Å². The second-order valence-electron chi connectivity index (χ2n) is 3.63. The predicted octanol–water partition coefficient (Wildman–Crippen LogP) is 1.48. The smallest absolute Gasteiger partial charge is 0.191 e. The van der Waals surface area contributed by atoms with E-state index in [4.69, 9.17) is 9.84 Å². The van der Waals surface area contributed by atoms with Gasteiger partial charge in [0.15, 0.2) is 11.0 Å². The van der Waals surface area contributed by atoms with E-state index in [0.29, 0.717) is 12.4 Å². The Labute approximate surface area is 110 Å². The van der Waals surface area contributed by atoms with Gasteiger partial charge in [0.05, 0.1) is 6.61 Å². The first-order valence-corrected chi connectivity index (χ1v) is 6.59. The third kappa shape index (κ3) is 3.24. The minimum atomic E-state index is -0.0927. The maximum absolute atomic E-state index is 8.99. The molecule has 0 radical (unpaired) electrons. The van der Waals surface area contributed by atoms with Crippen molar-refractivity contribution in [2.24, 2.45) is 7.05 Å². The Kier molecular flexibility index (Phi) is 4.60. The van der Waals surface area contributed by atoms with Gasteiger partial charge in [-0.3, -0.25) is 0 Å². The summed E-state index contributed by atoms with van der Waals surface area (Å²) in [5.74, 6) is 2.22. The molecule has 6 heteroatoms. The molecule has 0 aliphatic carbocycles. The Morgan fingerprint density at radius 1 is 1.28 bits per heavy atom. The highest BCUT2D eigenvalue weighted by molar-refractivity contribution is 7.99. The average molecular weight is 265 g/mol. The summed E-state index contributed by atoms with van der Waals surface area (Å²) in [6, 6.07) is 9.70. The molecule has 0 aliphatic rings. The molecule has 1 aromatic heterocycles. The maximum Gasteiger partial charge on any atom is 0.191 e. The molecule has 0 bridgehead atoms. The van der Waals surface area contributed by atoms with Crippen molar-refractivity contribution in [2.45, 2.75) is 11.8 Å². The van der Waals surface area contributed by atoms with Crippen molar-refractivity contribution < 1.29 is 9.84 Å². The zero-order valence-corrected chi connectivity index (χ0v) is 10.9. The molecule has 1 heterocycles. The number of para-hydroxylation sites is 1. The second kappa shape index (κ2) is 6.42. The summed E-state index contributed by atoms with van der Waals surface area (Å²) < 4.78 is 7.36. The molecule has 1 N–H and O–H groups in total. The van der Waals surface area contributed by atoms with Gasteiger partial charge in [0.2, 0.25) is 0 Å². The van der Waals surface area contributed by atoms with E-state index < -0.39 is 0 Å². The number of hydrogen-bond donors (Lipinski definition) is 1. The zero-order valence-electron chi connectivity index (χ0n) is 10.1. The van der Waals surface area contributed by atoms with E-state index in [1.807, 2.05) is 37.4 Å². The van der Waals surface area contributed by atoms with Crippen LogP contribution in [-0.2, 0) is 13.7 Å². The highest BCUT2D eigenvalue weighted by Gasteiger charge is 2.07. The highest BCUT2D eigenvalue weighted by atomic mass is 32.2. The number of benzene rings is 1. The topological polar surface area (TPSA) is 60.2 Å². The molecule has 0 atom stereocenters. The number of thioether (sulfide) groups is 1. The molecule has 0 amide bonds. The van der Waals surface area contributed by atoms with Gasteiger partial charge in [0.1, 0.15) is 12.4 Å². The summed E-state index contributed by atoms with van der Waals surface area (Å²) in [7, 11) is 1.84. The number of aliphatic hydroxyl groups is 1. The fourth-order valence-corrected chi connectivity index (χ4v) is 2.16. The second-order valence-corrected chi connectivity index (χ2v) is 4.69. The van der Waals surface area contributed by atoms with E-state index in [9.17, 15) is 0 Å². The van der Waals surface area contributed by atoms with Gasteiger partial charge >= 0.3 is 0 Å². The van der Waals surface area contributed by atoms with Crippen molar-refractivity contribution in [1.29, 1.82) is 0 Å². The molecule has 0 spiro atoms. The number of aliphatic hydroxyl groups excluding tert-OH is 1. The maximum atomic E-state index is 8.99. The van der Waals surface area contributed by atoms with Crippen LogP contribution in [0.5, 0.6) is 5.75 Å². The molecule has 1 aromatic carbocycles. The van der Waals surface area contributed by atoms with Gasteiger partial charge in [-0.1, -0.05) is 30.0 Å². The van der Waals surface area contributed by atoms with Crippen LogP contribution < -0.4 is 4.74 Å². The van der Waals surface area contributed by atoms with Crippen LogP contribution in [0.2, 0.25) is 0 Å². The van der Waals surface area contributed by atoms with E-state index in [1.165, 1.54) is 0 Å². The van der Waals surface area contributed by atoms with Crippen LogP contribution >= 0.6 is 11.8 Å². The highest BCUT2D eigenvalue weighted by Crippen LogP contribution is 2.16. The van der Waals surface area contributed by atoms with Crippen molar-refractivity contribution in [3.05, 3.63) is 36.2 Å². The summed E-state index contributed by atoms with van der Waals surface area (Å²) in [5.41, 5.74) is 0. The molecule has 18 heavy (non-hydrogen) atoms. The largest absolute Gasteiger partial charge is 0.493 e. The molecule has 0 fully saturated rings. The first kappa shape index (κ1) is 12.9. The van der Waals surface area contributed by atoms with Crippen LogP contribution in [0.4, 0.5) is 0 Å². The van der Waals surface area contributed by atoms with Gasteiger partial charge in [-0.2, -0.15) is 0 Å². The summed E-state index contributed by atoms with van der Waals surface area (Å²) in [4.78, 5) is 0. The van der Waals surface area contributed by atoms with Gasteiger partial charge in [-0.15, -0.1) is 10.2 Å². The minimum absolute atomic E-state index is 0.0927. The molecule has 0 saturated carbocycles. The lowest BCUT2D eigenvalue weighted by atomic mass is 10.3. The van der Waals surface area contributed by atoms with Gasteiger partial charge in [-0.25, -0.2) is 0 Å². The number of rotatable bonds is 6. The Morgan fingerprint density at radius 2 is 2.06 bits per heavy atom. The van der Waals surface area contributed by atoms with Crippen LogP contribution in [0.3, 0.4) is 0 Å². The van der Waals surface area contributed by atoms with Crippen LogP contribution in [0.1, 0.15) is 5.82 Å². The summed E-state index contributed by atoms with van der Waals surface area (Å²) in [6.45, 7) is 0.514. The molecule has 0 aliphatic heterocycles. The van der Waals surface area contributed by atoms with E-state index in [-0.39, 0.29) is 6.61 Å². The number of hydrogen-bond acceptors (Lipinski definition) is 5. The lowest BCUT2D eigenvalue weighted by Gasteiger charge is -2.05. The van der Waals surface area contributed by atoms with Crippen LogP contribution in [0, 0.1) is 0 Å². The third-order valence-electron chi connectivity index (χ3n) is 2.39. The molecule has 96 valence electrons. The standard InChI is InChI=1S/C12H15N3O2S/c1-15-11(9-16)13-14-12(15)18-8-7-17-10-5-3-2-4-6-10/h2-6,16H,7-9H2,1H3. The zero-order chi connectivity index (χ0) is 12.8. The van der Waals surface area contributed by atoms with Gasteiger partial charge < -0.3 is 14.4 Å². The Balaban J connectivity index is 1.77. The molecular weight excluding hydrogens is 250 g/mol. The third-order valence-corrected chi connectivity index (χ3v) is 3.38. The van der Waals surface area contributed by atoms with Gasteiger partial charge in [-0.05, 0) is 12.1 Å². The lowest BCUT2D eigenvalue weighted by molar-refractivity contribution is 0.266. The normalized spacial score (nSPS) is 10.6. The fraction of sp³-hybridized carbons (Fsp3) is 0.333. The first-order valence-electron chi connectivity index (χ1n) is 5.61. The molecule has 2 rings (SSSR count). The fourth-order valence-electron chi connectivity index (χ4n) is 1.42. The molecule has 0 saturated heterocycles. The molecular formula is C12H15N3O2S. The van der Waals surface area contributed by atoms with E-state index in [0.717, 1.165) is 16.7 Å². The quantitative estimate of drug-likeness (QED) is 0.633. The number of ether oxygens (including phenoxy) is 1. The van der Waals surface area contributed by atoms with Crippen molar-refractivity contribution in [2.75, 3.05) is 12.4 Å². The van der Waals surface area contributed by atoms with Gasteiger partial charge in [0.25, 0.3) is 0 Å².